The molecule has 4 fully saturated rings. The van der Waals surface area contributed by atoms with E-state index >= 15 is 0 Å². The molecule has 6 atom stereocenters. The Hall–Kier alpha value is 0.170. The van der Waals surface area contributed by atoms with Crippen molar-refractivity contribution in [2.24, 2.45) is 39.4 Å². The van der Waals surface area contributed by atoms with Crippen molar-refractivity contribution in [1.82, 2.24) is 0 Å². The van der Waals surface area contributed by atoms with Crippen molar-refractivity contribution in [2.45, 2.75) is 77.7 Å². The molecule has 4 rings (SSSR count). The van der Waals surface area contributed by atoms with Gasteiger partial charge in [0.25, 0.3) is 0 Å². The first-order valence-electron chi connectivity index (χ1n) is 10.9. The van der Waals surface area contributed by atoms with Crippen LogP contribution in [0.15, 0.2) is 0 Å². The van der Waals surface area contributed by atoms with Crippen LogP contribution in [0, 0.1) is 39.4 Å². The van der Waals surface area contributed by atoms with Gasteiger partial charge in [-0.1, -0.05) is 41.0 Å². The topological polar surface area (TPSA) is 26.3 Å². The monoisotopic (exact) mass is 410 g/mol. The Morgan fingerprint density at radius 3 is 2.19 bits per heavy atom. The normalized spacial score (nSPS) is 49.5. The molecule has 4 heteroatoms. The van der Waals surface area contributed by atoms with E-state index in [0.717, 1.165) is 5.92 Å². The van der Waals surface area contributed by atoms with E-state index in [2.05, 4.69) is 58.1 Å². The first-order chi connectivity index (χ1) is 12.6. The maximum atomic E-state index is 13.2. The molecule has 1 saturated heterocycles. The van der Waals surface area contributed by atoms with Crippen LogP contribution in [0.3, 0.4) is 0 Å². The van der Waals surface area contributed by atoms with Gasteiger partial charge in [0.2, 0.25) is 0 Å². The highest BCUT2D eigenvalue weighted by atomic mass is 32.2. The number of fused-ring (bicyclic) bond motifs is 3. The average molecular weight is 411 g/mol. The van der Waals surface area contributed by atoms with Gasteiger partial charge in [-0.25, -0.2) is 0 Å². The maximum absolute atomic E-state index is 13.2. The van der Waals surface area contributed by atoms with Crippen LogP contribution < -0.4 is 0 Å². The summed E-state index contributed by atoms with van der Waals surface area (Å²) in [4.78, 5) is 13.2. The van der Waals surface area contributed by atoms with Gasteiger partial charge in [-0.15, -0.1) is 23.5 Å². The van der Waals surface area contributed by atoms with Gasteiger partial charge in [0, 0.05) is 16.9 Å². The van der Waals surface area contributed by atoms with Crippen LogP contribution in [0.25, 0.3) is 0 Å². The lowest BCUT2D eigenvalue weighted by molar-refractivity contribution is -0.162. The van der Waals surface area contributed by atoms with Gasteiger partial charge in [0.05, 0.1) is 17.6 Å². The molecule has 0 bridgehead atoms. The van der Waals surface area contributed by atoms with Crippen LogP contribution in [0.1, 0.15) is 73.1 Å². The summed E-state index contributed by atoms with van der Waals surface area (Å²) in [5, 5.41) is 0. The molecule has 0 amide bonds. The zero-order valence-corrected chi connectivity index (χ0v) is 19.7. The molecule has 1 heterocycles. The lowest BCUT2D eigenvalue weighted by Gasteiger charge is -2.61. The second-order valence-corrected chi connectivity index (χ2v) is 14.0. The molecule has 0 spiro atoms. The second kappa shape index (κ2) is 6.59. The second-order valence-electron chi connectivity index (χ2n) is 11.2. The van der Waals surface area contributed by atoms with Crippen LogP contribution in [-0.4, -0.2) is 29.2 Å². The summed E-state index contributed by atoms with van der Waals surface area (Å²) in [7, 11) is 1.60. The highest BCUT2D eigenvalue weighted by Crippen LogP contribution is 2.75. The van der Waals surface area contributed by atoms with Crippen molar-refractivity contribution in [2.75, 3.05) is 18.6 Å². The van der Waals surface area contributed by atoms with Crippen molar-refractivity contribution in [3.8, 4) is 0 Å². The molecule has 0 radical (unpaired) electrons. The predicted octanol–water partition coefficient (Wildman–Crippen LogP) is 6.24. The van der Waals surface area contributed by atoms with E-state index in [1.807, 2.05) is 0 Å². The molecule has 154 valence electrons. The molecule has 0 aromatic carbocycles. The van der Waals surface area contributed by atoms with Crippen molar-refractivity contribution in [1.29, 1.82) is 0 Å². The molecule has 0 N–H and O–H groups in total. The molecule has 0 unspecified atom stereocenters. The third-order valence-electron chi connectivity index (χ3n) is 9.40. The summed E-state index contributed by atoms with van der Waals surface area (Å²) in [5.74, 6) is 4.00. The minimum atomic E-state index is 0.0471. The number of methoxy groups -OCH3 is 1. The highest BCUT2D eigenvalue weighted by molar-refractivity contribution is 8.20. The Kier molecular flexibility index (Phi) is 4.99. The smallest absolute Gasteiger partial charge is 0.309 e. The van der Waals surface area contributed by atoms with E-state index in [0.29, 0.717) is 21.3 Å². The van der Waals surface area contributed by atoms with E-state index in [1.165, 1.54) is 50.0 Å². The van der Waals surface area contributed by atoms with Gasteiger partial charge >= 0.3 is 5.97 Å². The molecule has 2 nitrogen and oxygen atoms in total. The van der Waals surface area contributed by atoms with E-state index in [9.17, 15) is 4.79 Å². The summed E-state index contributed by atoms with van der Waals surface area (Å²) >= 11 is 4.20. The van der Waals surface area contributed by atoms with E-state index < -0.39 is 0 Å². The summed E-state index contributed by atoms with van der Waals surface area (Å²) < 4.78 is 6.00. The standard InChI is InChI=1S/C23H38O2S2/c1-20(2)9-7-10-21(3)15(20)8-11-22(4)16(21)14-23(5,17(22)18(24)25-6)19-26-12-13-27-19/h15-17,19H,7-14H2,1-6H3/t15-,16+,17-,21-,22+,23-/m0/s1. The Labute approximate surface area is 174 Å². The number of carbonyl (C=O) groups is 1. The van der Waals surface area contributed by atoms with E-state index in [4.69, 9.17) is 4.74 Å². The third kappa shape index (κ3) is 2.78. The van der Waals surface area contributed by atoms with Gasteiger partial charge in [-0.2, -0.15) is 0 Å². The van der Waals surface area contributed by atoms with Crippen molar-refractivity contribution >= 4 is 29.5 Å². The molecular weight excluding hydrogens is 372 g/mol. The quantitative estimate of drug-likeness (QED) is 0.503. The lowest BCUT2D eigenvalue weighted by Crippen LogP contribution is -2.55. The van der Waals surface area contributed by atoms with Crippen LogP contribution in [0.2, 0.25) is 0 Å². The first kappa shape index (κ1) is 20.4. The minimum Gasteiger partial charge on any atom is -0.469 e. The number of ether oxygens (including phenoxy) is 1. The van der Waals surface area contributed by atoms with E-state index in [1.54, 1.807) is 7.11 Å². The minimum absolute atomic E-state index is 0.0471. The first-order valence-corrected chi connectivity index (χ1v) is 13.0. The number of esters is 1. The third-order valence-corrected chi connectivity index (χ3v) is 13.0. The van der Waals surface area contributed by atoms with E-state index in [-0.39, 0.29) is 22.7 Å². The van der Waals surface area contributed by atoms with Crippen LogP contribution in [0.4, 0.5) is 0 Å². The zero-order chi connectivity index (χ0) is 19.7. The van der Waals surface area contributed by atoms with Crippen molar-refractivity contribution < 1.29 is 9.53 Å². The Balaban J connectivity index is 1.79. The average Bonchev–Trinajstić information content (AvgIpc) is 3.20. The zero-order valence-electron chi connectivity index (χ0n) is 18.1. The fourth-order valence-electron chi connectivity index (χ4n) is 8.44. The van der Waals surface area contributed by atoms with Crippen molar-refractivity contribution in [3.05, 3.63) is 0 Å². The molecule has 0 aromatic rings. The Morgan fingerprint density at radius 1 is 0.889 bits per heavy atom. The van der Waals surface area contributed by atoms with Crippen LogP contribution >= 0.6 is 23.5 Å². The molecular formula is C23H38O2S2. The molecule has 3 aliphatic carbocycles. The van der Waals surface area contributed by atoms with Gasteiger partial charge in [-0.05, 0) is 60.2 Å². The van der Waals surface area contributed by atoms with Gasteiger partial charge in [0.1, 0.15) is 0 Å². The van der Waals surface area contributed by atoms with Crippen LogP contribution in [0.5, 0.6) is 0 Å². The van der Waals surface area contributed by atoms with Crippen molar-refractivity contribution in [3.63, 3.8) is 0 Å². The SMILES string of the molecule is COC(=O)[C@H]1[C@]2(C)CC[C@H]3C(C)(C)CCC[C@]3(C)[C@H]2C[C@]1(C)C1SCCS1. The highest BCUT2D eigenvalue weighted by Gasteiger charge is 2.70. The number of hydrogen-bond donors (Lipinski definition) is 0. The largest absolute Gasteiger partial charge is 0.469 e. The fourth-order valence-corrected chi connectivity index (χ4v) is 11.8. The lowest BCUT2D eigenvalue weighted by atomic mass is 9.43. The molecule has 27 heavy (non-hydrogen) atoms. The Bertz CT molecular complexity index is 613. The summed E-state index contributed by atoms with van der Waals surface area (Å²) in [5.41, 5.74) is 0.944. The van der Waals surface area contributed by atoms with Gasteiger partial charge < -0.3 is 4.74 Å². The van der Waals surface area contributed by atoms with Gasteiger partial charge in [-0.3, -0.25) is 4.79 Å². The summed E-state index contributed by atoms with van der Waals surface area (Å²) in [6.07, 6.45) is 7.74. The maximum Gasteiger partial charge on any atom is 0.309 e. The summed E-state index contributed by atoms with van der Waals surface area (Å²) in [6.45, 7) is 12.5. The number of hydrogen-bond acceptors (Lipinski definition) is 4. The molecule has 1 aliphatic heterocycles. The number of rotatable bonds is 2. The fraction of sp³-hybridized carbons (Fsp3) is 0.957. The van der Waals surface area contributed by atoms with Crippen LogP contribution in [-0.2, 0) is 9.53 Å². The molecule has 3 saturated carbocycles. The number of carbonyl (C=O) groups excluding carboxylic acids is 1. The molecule has 0 aromatic heterocycles. The van der Waals surface area contributed by atoms with Gasteiger partial charge in [0.15, 0.2) is 0 Å². The predicted molar refractivity (Wildman–Crippen MR) is 117 cm³/mol. The summed E-state index contributed by atoms with van der Waals surface area (Å²) in [6, 6.07) is 0. The Morgan fingerprint density at radius 2 is 1.56 bits per heavy atom. The number of thioether (sulfide) groups is 2. The molecule has 4 aliphatic rings.